The van der Waals surface area contributed by atoms with Crippen molar-refractivity contribution in [3.8, 4) is 5.75 Å². The van der Waals surface area contributed by atoms with E-state index in [0.29, 0.717) is 24.3 Å². The predicted octanol–water partition coefficient (Wildman–Crippen LogP) is 4.38. The highest BCUT2D eigenvalue weighted by molar-refractivity contribution is 5.85. The second-order valence-electron chi connectivity index (χ2n) is 8.34. The number of piperidine rings is 1. The molecule has 4 rings (SSSR count). The summed E-state index contributed by atoms with van der Waals surface area (Å²) in [5, 5.41) is 0. The number of ether oxygens (including phenoxy) is 1. The van der Waals surface area contributed by atoms with E-state index >= 15 is 0 Å². The first-order valence-electron chi connectivity index (χ1n) is 10.4. The van der Waals surface area contributed by atoms with Crippen LogP contribution in [0.2, 0.25) is 0 Å². The van der Waals surface area contributed by atoms with Gasteiger partial charge in [0.05, 0.1) is 0 Å². The molecule has 5 heteroatoms. The van der Waals surface area contributed by atoms with E-state index in [0.717, 1.165) is 43.7 Å². The molecule has 1 amide bonds. The number of nitrogens with two attached hydrogens (primary N) is 1. The van der Waals surface area contributed by atoms with E-state index in [1.54, 1.807) is 0 Å². The molecule has 0 bridgehead atoms. The summed E-state index contributed by atoms with van der Waals surface area (Å²) in [7, 11) is 0. The minimum absolute atomic E-state index is 0. The molecule has 4 nitrogen and oxygen atoms in total. The third-order valence-electron chi connectivity index (χ3n) is 6.18. The molecule has 2 aromatic carbocycles. The zero-order chi connectivity index (χ0) is 19.5. The largest absolute Gasteiger partial charge is 0.489 e. The molecule has 4 atom stereocenters. The lowest BCUT2D eigenvalue weighted by molar-refractivity contribution is -0.134. The Balaban J connectivity index is 0.00000240. The summed E-state index contributed by atoms with van der Waals surface area (Å²) in [6, 6.07) is 18.6. The zero-order valence-corrected chi connectivity index (χ0v) is 17.8. The van der Waals surface area contributed by atoms with Gasteiger partial charge in [-0.1, -0.05) is 42.5 Å². The molecule has 1 saturated carbocycles. The van der Waals surface area contributed by atoms with Crippen molar-refractivity contribution in [2.45, 2.75) is 44.8 Å². The fourth-order valence-electron chi connectivity index (χ4n) is 4.26. The number of benzene rings is 2. The Labute approximate surface area is 179 Å². The van der Waals surface area contributed by atoms with E-state index < -0.39 is 0 Å². The number of amides is 1. The van der Waals surface area contributed by atoms with E-state index in [-0.39, 0.29) is 24.4 Å². The summed E-state index contributed by atoms with van der Waals surface area (Å²) in [6.45, 7) is 4.34. The summed E-state index contributed by atoms with van der Waals surface area (Å²) in [6.07, 6.45) is 3.17. The van der Waals surface area contributed by atoms with E-state index in [4.69, 9.17) is 10.5 Å². The maximum atomic E-state index is 12.9. The lowest BCUT2D eigenvalue weighted by atomic mass is 9.92. The Kier molecular flexibility index (Phi) is 7.20. The number of halogens is 1. The number of likely N-dealkylation sites (tertiary alicyclic amines) is 1. The van der Waals surface area contributed by atoms with Crippen molar-refractivity contribution >= 4 is 18.3 Å². The molecule has 1 heterocycles. The normalized spacial score (nSPS) is 24.3. The zero-order valence-electron chi connectivity index (χ0n) is 17.0. The summed E-state index contributed by atoms with van der Waals surface area (Å²) in [5.74, 6) is 2.12. The molecular formula is C24H31ClN2O2. The van der Waals surface area contributed by atoms with Crippen LogP contribution in [0.3, 0.4) is 0 Å². The highest BCUT2D eigenvalue weighted by Crippen LogP contribution is 2.49. The van der Waals surface area contributed by atoms with Crippen LogP contribution in [0, 0.1) is 11.8 Å². The van der Waals surface area contributed by atoms with Gasteiger partial charge in [0, 0.05) is 25.0 Å². The fraction of sp³-hybridized carbons (Fsp3) is 0.458. The maximum absolute atomic E-state index is 12.9. The van der Waals surface area contributed by atoms with Gasteiger partial charge >= 0.3 is 0 Å². The van der Waals surface area contributed by atoms with Gasteiger partial charge in [-0.15, -0.1) is 12.4 Å². The molecular weight excluding hydrogens is 384 g/mol. The van der Waals surface area contributed by atoms with Crippen LogP contribution in [0.25, 0.3) is 0 Å². The van der Waals surface area contributed by atoms with Crippen molar-refractivity contribution in [2.75, 3.05) is 13.1 Å². The van der Waals surface area contributed by atoms with Crippen molar-refractivity contribution in [3.05, 3.63) is 65.7 Å². The van der Waals surface area contributed by atoms with Crippen LogP contribution in [0.1, 0.15) is 43.2 Å². The number of hydrogen-bond acceptors (Lipinski definition) is 3. The van der Waals surface area contributed by atoms with Crippen molar-refractivity contribution in [1.82, 2.24) is 4.90 Å². The van der Waals surface area contributed by atoms with Crippen LogP contribution in [0.15, 0.2) is 54.6 Å². The van der Waals surface area contributed by atoms with Gasteiger partial charge in [0.2, 0.25) is 5.91 Å². The van der Waals surface area contributed by atoms with Gasteiger partial charge in [-0.25, -0.2) is 0 Å². The highest BCUT2D eigenvalue weighted by atomic mass is 35.5. The maximum Gasteiger partial charge on any atom is 0.226 e. The Morgan fingerprint density at radius 2 is 1.90 bits per heavy atom. The van der Waals surface area contributed by atoms with Gasteiger partial charge in [0.15, 0.2) is 0 Å². The number of nitrogens with zero attached hydrogens (tertiary/aromatic N) is 1. The molecule has 4 unspecified atom stereocenters. The van der Waals surface area contributed by atoms with E-state index in [2.05, 4.69) is 36.1 Å². The second kappa shape index (κ2) is 9.64. The standard InChI is InChI=1S/C24H30N2O2.ClH/c1-17(25)20-8-5-13-26(15-20)24(27)23-14-22(23)19-9-11-21(12-10-19)28-16-18-6-3-2-4-7-18;/h2-4,6-7,9-12,17,20,22-23H,5,8,13-16,25H2,1H3;1H. The number of rotatable bonds is 6. The Morgan fingerprint density at radius 1 is 1.17 bits per heavy atom. The van der Waals surface area contributed by atoms with Crippen LogP contribution >= 0.6 is 12.4 Å². The number of hydrogen-bond donors (Lipinski definition) is 1. The van der Waals surface area contributed by atoms with E-state index in [9.17, 15) is 4.79 Å². The quantitative estimate of drug-likeness (QED) is 0.763. The minimum atomic E-state index is 0. The molecule has 1 aliphatic carbocycles. The monoisotopic (exact) mass is 414 g/mol. The van der Waals surface area contributed by atoms with E-state index in [1.165, 1.54) is 5.56 Å². The lowest BCUT2D eigenvalue weighted by Crippen LogP contribution is -2.45. The summed E-state index contributed by atoms with van der Waals surface area (Å²) < 4.78 is 5.86. The third-order valence-corrected chi connectivity index (χ3v) is 6.18. The molecule has 1 saturated heterocycles. The van der Waals surface area contributed by atoms with Gasteiger partial charge in [0.25, 0.3) is 0 Å². The van der Waals surface area contributed by atoms with Crippen molar-refractivity contribution in [2.24, 2.45) is 17.6 Å². The first kappa shape index (κ1) is 21.7. The number of carbonyl (C=O) groups excluding carboxylic acids is 1. The summed E-state index contributed by atoms with van der Waals surface area (Å²) >= 11 is 0. The highest BCUT2D eigenvalue weighted by Gasteiger charge is 2.46. The SMILES string of the molecule is CC(N)C1CCCN(C(=O)C2CC2c2ccc(OCc3ccccc3)cc2)C1.Cl. The van der Waals surface area contributed by atoms with E-state index in [1.807, 2.05) is 30.3 Å². The average Bonchev–Trinajstić information content (AvgIpc) is 3.54. The molecule has 29 heavy (non-hydrogen) atoms. The van der Waals surface area contributed by atoms with Gasteiger partial charge < -0.3 is 15.4 Å². The molecule has 0 radical (unpaired) electrons. The first-order valence-corrected chi connectivity index (χ1v) is 10.4. The van der Waals surface area contributed by atoms with Gasteiger partial charge in [0.1, 0.15) is 12.4 Å². The first-order chi connectivity index (χ1) is 13.6. The molecule has 2 fully saturated rings. The Bertz CT molecular complexity index is 794. The minimum Gasteiger partial charge on any atom is -0.489 e. The van der Waals surface area contributed by atoms with Crippen LogP contribution in [-0.2, 0) is 11.4 Å². The molecule has 0 aromatic heterocycles. The van der Waals surface area contributed by atoms with Gasteiger partial charge in [-0.05, 0) is 61.3 Å². The molecule has 0 spiro atoms. The smallest absolute Gasteiger partial charge is 0.226 e. The average molecular weight is 415 g/mol. The van der Waals surface area contributed by atoms with Crippen LogP contribution < -0.4 is 10.5 Å². The molecule has 1 aliphatic heterocycles. The lowest BCUT2D eigenvalue weighted by Gasteiger charge is -2.34. The van der Waals surface area contributed by atoms with Crippen molar-refractivity contribution in [3.63, 3.8) is 0 Å². The van der Waals surface area contributed by atoms with Crippen molar-refractivity contribution < 1.29 is 9.53 Å². The second-order valence-corrected chi connectivity index (χ2v) is 8.34. The molecule has 2 aromatic rings. The molecule has 156 valence electrons. The number of carbonyl (C=O) groups is 1. The topological polar surface area (TPSA) is 55.6 Å². The van der Waals surface area contributed by atoms with Gasteiger partial charge in [-0.2, -0.15) is 0 Å². The fourth-order valence-corrected chi connectivity index (χ4v) is 4.26. The molecule has 2 aliphatic rings. The van der Waals surface area contributed by atoms with Crippen LogP contribution in [0.4, 0.5) is 0 Å². The predicted molar refractivity (Wildman–Crippen MR) is 118 cm³/mol. The summed E-state index contributed by atoms with van der Waals surface area (Å²) in [5.41, 5.74) is 8.47. The summed E-state index contributed by atoms with van der Waals surface area (Å²) in [4.78, 5) is 15.0. The van der Waals surface area contributed by atoms with Crippen molar-refractivity contribution in [1.29, 1.82) is 0 Å². The van der Waals surface area contributed by atoms with Crippen LogP contribution in [0.5, 0.6) is 5.75 Å². The Hall–Kier alpha value is -2.04. The molecule has 2 N–H and O–H groups in total. The Morgan fingerprint density at radius 3 is 2.59 bits per heavy atom. The van der Waals surface area contributed by atoms with Gasteiger partial charge in [-0.3, -0.25) is 4.79 Å². The van der Waals surface area contributed by atoms with Crippen LogP contribution in [-0.4, -0.2) is 29.9 Å². The third kappa shape index (κ3) is 5.31.